The molecule has 3 unspecified atom stereocenters. The zero-order chi connectivity index (χ0) is 11.0. The number of hydrogen-bond donors (Lipinski definition) is 1. The van der Waals surface area contributed by atoms with Crippen molar-refractivity contribution in [3.05, 3.63) is 0 Å². The van der Waals surface area contributed by atoms with E-state index in [2.05, 4.69) is 24.0 Å². The SMILES string of the molecule is CC1SCCC12OCCNC2C1CCCC1. The summed E-state index contributed by atoms with van der Waals surface area (Å²) >= 11 is 2.10. The van der Waals surface area contributed by atoms with E-state index in [4.69, 9.17) is 4.74 Å². The van der Waals surface area contributed by atoms with Gasteiger partial charge in [0.1, 0.15) is 0 Å². The van der Waals surface area contributed by atoms with Crippen molar-refractivity contribution in [1.29, 1.82) is 0 Å². The quantitative estimate of drug-likeness (QED) is 0.762. The molecular weight excluding hydrogens is 218 g/mol. The molecule has 0 aromatic carbocycles. The number of nitrogens with one attached hydrogen (secondary N) is 1. The van der Waals surface area contributed by atoms with Crippen molar-refractivity contribution < 1.29 is 4.74 Å². The first-order valence-electron chi connectivity index (χ1n) is 6.82. The van der Waals surface area contributed by atoms with Crippen molar-refractivity contribution in [2.45, 2.75) is 55.9 Å². The van der Waals surface area contributed by atoms with Gasteiger partial charge < -0.3 is 10.1 Å². The van der Waals surface area contributed by atoms with Crippen molar-refractivity contribution in [2.75, 3.05) is 18.9 Å². The Bertz CT molecular complexity index is 254. The standard InChI is InChI=1S/C13H23NOS/c1-10-13(6-9-16-10)12(14-7-8-15-13)11-4-2-3-5-11/h10-12,14H,2-9H2,1H3. The van der Waals surface area contributed by atoms with Gasteiger partial charge in [-0.25, -0.2) is 0 Å². The van der Waals surface area contributed by atoms with Crippen LogP contribution in [0.2, 0.25) is 0 Å². The lowest BCUT2D eigenvalue weighted by Crippen LogP contribution is -2.63. The molecule has 3 rings (SSSR count). The summed E-state index contributed by atoms with van der Waals surface area (Å²) in [6.07, 6.45) is 6.95. The minimum absolute atomic E-state index is 0.165. The Balaban J connectivity index is 1.82. The smallest absolute Gasteiger partial charge is 0.0960 e. The van der Waals surface area contributed by atoms with Gasteiger partial charge in [-0.05, 0) is 30.9 Å². The van der Waals surface area contributed by atoms with E-state index in [9.17, 15) is 0 Å². The van der Waals surface area contributed by atoms with Crippen LogP contribution in [0.3, 0.4) is 0 Å². The third kappa shape index (κ3) is 1.72. The topological polar surface area (TPSA) is 21.3 Å². The molecule has 0 bridgehead atoms. The highest BCUT2D eigenvalue weighted by Crippen LogP contribution is 2.46. The molecule has 3 heteroatoms. The van der Waals surface area contributed by atoms with Crippen molar-refractivity contribution in [3.8, 4) is 0 Å². The number of morpholine rings is 1. The molecule has 1 saturated carbocycles. The van der Waals surface area contributed by atoms with Gasteiger partial charge in [0.25, 0.3) is 0 Å². The molecule has 0 aromatic rings. The van der Waals surface area contributed by atoms with Gasteiger partial charge in [0, 0.05) is 17.8 Å². The summed E-state index contributed by atoms with van der Waals surface area (Å²) in [4.78, 5) is 0. The van der Waals surface area contributed by atoms with Gasteiger partial charge in [0.05, 0.1) is 12.2 Å². The van der Waals surface area contributed by atoms with E-state index in [0.717, 1.165) is 19.1 Å². The molecule has 3 atom stereocenters. The first-order valence-corrected chi connectivity index (χ1v) is 7.87. The number of thioether (sulfide) groups is 1. The molecule has 16 heavy (non-hydrogen) atoms. The van der Waals surface area contributed by atoms with E-state index in [-0.39, 0.29) is 5.60 Å². The second-order valence-electron chi connectivity index (χ2n) is 5.54. The maximum atomic E-state index is 6.28. The molecule has 0 amide bonds. The molecule has 0 radical (unpaired) electrons. The number of hydrogen-bond acceptors (Lipinski definition) is 3. The number of rotatable bonds is 1. The van der Waals surface area contributed by atoms with Gasteiger partial charge >= 0.3 is 0 Å². The van der Waals surface area contributed by atoms with E-state index in [1.54, 1.807) is 0 Å². The van der Waals surface area contributed by atoms with Gasteiger partial charge in [-0.2, -0.15) is 11.8 Å². The van der Waals surface area contributed by atoms with Crippen LogP contribution in [0.5, 0.6) is 0 Å². The summed E-state index contributed by atoms with van der Waals surface area (Å²) in [5.74, 6) is 2.16. The van der Waals surface area contributed by atoms with Crippen LogP contribution in [0.1, 0.15) is 39.0 Å². The fourth-order valence-corrected chi connectivity index (χ4v) is 5.32. The highest BCUT2D eigenvalue weighted by atomic mass is 32.2. The lowest BCUT2D eigenvalue weighted by molar-refractivity contribution is -0.106. The predicted octanol–water partition coefficient (Wildman–Crippen LogP) is 2.43. The van der Waals surface area contributed by atoms with Crippen LogP contribution in [0.4, 0.5) is 0 Å². The largest absolute Gasteiger partial charge is 0.371 e. The Kier molecular flexibility index (Phi) is 3.20. The van der Waals surface area contributed by atoms with E-state index in [1.807, 2.05) is 0 Å². The zero-order valence-electron chi connectivity index (χ0n) is 10.2. The van der Waals surface area contributed by atoms with Crippen molar-refractivity contribution in [2.24, 2.45) is 5.92 Å². The maximum absolute atomic E-state index is 6.28. The molecule has 3 aliphatic rings. The molecule has 2 heterocycles. The summed E-state index contributed by atoms with van der Waals surface area (Å²) in [6, 6.07) is 0.633. The number of ether oxygens (including phenoxy) is 1. The second-order valence-corrected chi connectivity index (χ2v) is 6.99. The van der Waals surface area contributed by atoms with E-state index in [0.29, 0.717) is 11.3 Å². The van der Waals surface area contributed by atoms with Gasteiger partial charge in [-0.3, -0.25) is 0 Å². The van der Waals surface area contributed by atoms with Crippen LogP contribution in [0.15, 0.2) is 0 Å². The normalized spacial score (nSPS) is 45.6. The Morgan fingerprint density at radius 3 is 2.81 bits per heavy atom. The van der Waals surface area contributed by atoms with Crippen molar-refractivity contribution in [1.82, 2.24) is 5.32 Å². The molecule has 92 valence electrons. The van der Waals surface area contributed by atoms with Crippen LogP contribution in [0.25, 0.3) is 0 Å². The van der Waals surface area contributed by atoms with E-state index < -0.39 is 0 Å². The van der Waals surface area contributed by atoms with Crippen LogP contribution in [-0.4, -0.2) is 35.8 Å². The molecule has 1 spiro atoms. The Morgan fingerprint density at radius 2 is 2.12 bits per heavy atom. The van der Waals surface area contributed by atoms with Crippen LogP contribution < -0.4 is 5.32 Å². The minimum atomic E-state index is 0.165. The third-order valence-corrected chi connectivity index (χ3v) is 6.12. The fourth-order valence-electron chi connectivity index (χ4n) is 3.91. The van der Waals surface area contributed by atoms with Gasteiger partial charge in [0.2, 0.25) is 0 Å². The average Bonchev–Trinajstić information content (AvgIpc) is 2.92. The zero-order valence-corrected chi connectivity index (χ0v) is 11.0. The monoisotopic (exact) mass is 241 g/mol. The maximum Gasteiger partial charge on any atom is 0.0960 e. The predicted molar refractivity (Wildman–Crippen MR) is 69.0 cm³/mol. The Morgan fingerprint density at radius 1 is 1.31 bits per heavy atom. The van der Waals surface area contributed by atoms with Gasteiger partial charge in [0.15, 0.2) is 0 Å². The Labute approximate surface area is 103 Å². The molecule has 1 N–H and O–H groups in total. The van der Waals surface area contributed by atoms with E-state index >= 15 is 0 Å². The minimum Gasteiger partial charge on any atom is -0.371 e. The lowest BCUT2D eigenvalue weighted by Gasteiger charge is -2.47. The van der Waals surface area contributed by atoms with Crippen LogP contribution in [0, 0.1) is 5.92 Å². The summed E-state index contributed by atoms with van der Waals surface area (Å²) < 4.78 is 6.28. The second kappa shape index (κ2) is 4.51. The first kappa shape index (κ1) is 11.4. The third-order valence-electron chi connectivity index (χ3n) is 4.78. The van der Waals surface area contributed by atoms with Crippen LogP contribution >= 0.6 is 11.8 Å². The van der Waals surface area contributed by atoms with Gasteiger partial charge in [-0.1, -0.05) is 19.8 Å². The van der Waals surface area contributed by atoms with Crippen molar-refractivity contribution >= 4 is 11.8 Å². The summed E-state index contributed by atoms with van der Waals surface area (Å²) in [6.45, 7) is 4.33. The fraction of sp³-hybridized carbons (Fsp3) is 1.00. The Hall–Kier alpha value is 0.270. The van der Waals surface area contributed by atoms with E-state index in [1.165, 1.54) is 37.9 Å². The highest BCUT2D eigenvalue weighted by molar-refractivity contribution is 8.00. The van der Waals surface area contributed by atoms with Crippen molar-refractivity contribution in [3.63, 3.8) is 0 Å². The summed E-state index contributed by atoms with van der Waals surface area (Å²) in [5.41, 5.74) is 0.165. The molecule has 1 aliphatic carbocycles. The summed E-state index contributed by atoms with van der Waals surface area (Å²) in [7, 11) is 0. The molecule has 0 aromatic heterocycles. The molecule has 3 fully saturated rings. The lowest BCUT2D eigenvalue weighted by atomic mass is 9.78. The summed E-state index contributed by atoms with van der Waals surface area (Å²) in [5, 5.41) is 4.46. The van der Waals surface area contributed by atoms with Gasteiger partial charge in [-0.15, -0.1) is 0 Å². The highest BCUT2D eigenvalue weighted by Gasteiger charge is 2.52. The molecule has 2 aliphatic heterocycles. The molecule has 2 nitrogen and oxygen atoms in total. The first-order chi connectivity index (χ1) is 7.83. The molecule has 2 saturated heterocycles. The van der Waals surface area contributed by atoms with Crippen LogP contribution in [-0.2, 0) is 4.74 Å². The average molecular weight is 241 g/mol. The molecular formula is C13H23NOS.